The minimum absolute atomic E-state index is 0.0656. The fraction of sp³-hybridized carbons (Fsp3) is 0.444. The normalized spacial score (nSPS) is 22.8. The molecule has 2 fully saturated rings. The van der Waals surface area contributed by atoms with Crippen LogP contribution in [0.15, 0.2) is 48.5 Å². The Hall–Kier alpha value is -3.35. The first kappa shape index (κ1) is 22.4. The average molecular weight is 463 g/mol. The number of rotatable bonds is 5. The summed E-state index contributed by atoms with van der Waals surface area (Å²) in [6.45, 7) is 2.42. The molecule has 0 radical (unpaired) electrons. The number of aliphatic carboxylic acids is 1. The number of amides is 2. The summed E-state index contributed by atoms with van der Waals surface area (Å²) >= 11 is 0. The predicted octanol–water partition coefficient (Wildman–Crippen LogP) is 4.16. The molecule has 1 heterocycles. The second kappa shape index (κ2) is 8.78. The van der Waals surface area contributed by atoms with Gasteiger partial charge in [-0.15, -0.1) is 0 Å². The number of carboxylic acids is 1. The first-order chi connectivity index (χ1) is 16.4. The van der Waals surface area contributed by atoms with E-state index in [-0.39, 0.29) is 24.3 Å². The van der Waals surface area contributed by atoms with Crippen molar-refractivity contribution in [2.75, 3.05) is 13.2 Å². The fourth-order valence-electron chi connectivity index (χ4n) is 6.03. The van der Waals surface area contributed by atoms with E-state index in [4.69, 9.17) is 4.74 Å². The highest BCUT2D eigenvalue weighted by Gasteiger charge is 2.50. The number of nitrogens with one attached hydrogen (secondary N) is 1. The minimum atomic E-state index is -1.10. The highest BCUT2D eigenvalue weighted by molar-refractivity contribution is 5.93. The average Bonchev–Trinajstić information content (AvgIpc) is 3.54. The van der Waals surface area contributed by atoms with Gasteiger partial charge >= 0.3 is 12.1 Å². The Balaban J connectivity index is 1.31. The van der Waals surface area contributed by atoms with Crippen LogP contribution >= 0.6 is 0 Å². The van der Waals surface area contributed by atoms with E-state index in [9.17, 15) is 19.5 Å². The molecule has 2 aliphatic carbocycles. The Morgan fingerprint density at radius 2 is 1.62 bits per heavy atom. The Morgan fingerprint density at radius 1 is 1.03 bits per heavy atom. The molecule has 2 N–H and O–H groups in total. The molecule has 34 heavy (non-hydrogen) atoms. The third-order valence-electron chi connectivity index (χ3n) is 7.77. The zero-order chi connectivity index (χ0) is 23.9. The van der Waals surface area contributed by atoms with Gasteiger partial charge in [0.2, 0.25) is 5.91 Å². The van der Waals surface area contributed by atoms with Gasteiger partial charge in [-0.3, -0.25) is 4.79 Å². The van der Waals surface area contributed by atoms with Crippen LogP contribution in [0.3, 0.4) is 0 Å². The molecule has 2 aromatic carbocycles. The van der Waals surface area contributed by atoms with Gasteiger partial charge in [-0.25, -0.2) is 9.59 Å². The summed E-state index contributed by atoms with van der Waals surface area (Å²) in [7, 11) is 0. The molecule has 2 aromatic rings. The van der Waals surface area contributed by atoms with Crippen molar-refractivity contribution in [2.45, 2.75) is 56.5 Å². The second-order valence-corrected chi connectivity index (χ2v) is 9.79. The molecule has 5 rings (SSSR count). The Morgan fingerprint density at radius 3 is 2.21 bits per heavy atom. The fourth-order valence-corrected chi connectivity index (χ4v) is 6.03. The Bertz CT molecular complexity index is 1080. The lowest BCUT2D eigenvalue weighted by Crippen LogP contribution is -2.60. The summed E-state index contributed by atoms with van der Waals surface area (Å²) in [4.78, 5) is 39.8. The van der Waals surface area contributed by atoms with Crippen LogP contribution in [0, 0.1) is 5.92 Å². The molecule has 2 amide bonds. The molecule has 1 saturated carbocycles. The summed E-state index contributed by atoms with van der Waals surface area (Å²) in [6.07, 6.45) is 2.60. The Kier molecular flexibility index (Phi) is 5.80. The molecule has 3 aliphatic rings. The first-order valence-electron chi connectivity index (χ1n) is 12.1. The molecular formula is C27H30N2O5. The first-order valence-corrected chi connectivity index (χ1v) is 12.1. The second-order valence-electron chi connectivity index (χ2n) is 9.79. The highest BCUT2D eigenvalue weighted by atomic mass is 16.5. The van der Waals surface area contributed by atoms with Gasteiger partial charge in [-0.05, 0) is 47.4 Å². The zero-order valence-corrected chi connectivity index (χ0v) is 19.3. The summed E-state index contributed by atoms with van der Waals surface area (Å²) in [5, 5.41) is 12.5. The largest absolute Gasteiger partial charge is 0.480 e. The van der Waals surface area contributed by atoms with Crippen molar-refractivity contribution >= 4 is 18.0 Å². The van der Waals surface area contributed by atoms with Crippen LogP contribution in [0.1, 0.15) is 56.1 Å². The number of benzene rings is 2. The quantitative estimate of drug-likeness (QED) is 0.696. The van der Waals surface area contributed by atoms with Crippen LogP contribution in [0.2, 0.25) is 0 Å². The van der Waals surface area contributed by atoms with Crippen LogP contribution in [0.5, 0.6) is 0 Å². The lowest BCUT2D eigenvalue weighted by atomic mass is 9.94. The molecule has 0 spiro atoms. The van der Waals surface area contributed by atoms with Crippen molar-refractivity contribution in [1.29, 1.82) is 0 Å². The number of fused-ring (bicyclic) bond motifs is 3. The zero-order valence-electron chi connectivity index (χ0n) is 19.3. The SMILES string of the molecule is CC1CCN(C(=O)C2(NC(=O)OCC3c4ccccc4-c4ccccc43)CCCC2)C1C(=O)O. The van der Waals surface area contributed by atoms with E-state index in [2.05, 4.69) is 29.6 Å². The van der Waals surface area contributed by atoms with Gasteiger partial charge in [0.15, 0.2) is 0 Å². The van der Waals surface area contributed by atoms with Crippen LogP contribution in [-0.4, -0.2) is 52.7 Å². The van der Waals surface area contributed by atoms with Gasteiger partial charge < -0.3 is 20.1 Å². The van der Waals surface area contributed by atoms with E-state index >= 15 is 0 Å². The van der Waals surface area contributed by atoms with Crippen LogP contribution in [0.25, 0.3) is 11.1 Å². The molecule has 1 aliphatic heterocycles. The van der Waals surface area contributed by atoms with E-state index in [1.54, 1.807) is 0 Å². The summed E-state index contributed by atoms with van der Waals surface area (Å²) in [6, 6.07) is 15.4. The van der Waals surface area contributed by atoms with Gasteiger partial charge in [-0.2, -0.15) is 0 Å². The van der Waals surface area contributed by atoms with E-state index in [1.165, 1.54) is 4.90 Å². The third kappa shape index (κ3) is 3.73. The van der Waals surface area contributed by atoms with Gasteiger partial charge in [-0.1, -0.05) is 68.3 Å². The minimum Gasteiger partial charge on any atom is -0.480 e. The summed E-state index contributed by atoms with van der Waals surface area (Å²) in [5.74, 6) is -1.47. The maximum absolute atomic E-state index is 13.5. The van der Waals surface area contributed by atoms with Crippen LogP contribution < -0.4 is 5.32 Å². The predicted molar refractivity (Wildman–Crippen MR) is 126 cm³/mol. The van der Waals surface area contributed by atoms with Gasteiger partial charge in [0, 0.05) is 12.5 Å². The number of carboxylic acid groups (broad SMARTS) is 1. The van der Waals surface area contributed by atoms with Crippen LogP contribution in [-0.2, 0) is 14.3 Å². The third-order valence-corrected chi connectivity index (χ3v) is 7.77. The number of likely N-dealkylation sites (tertiary alicyclic amines) is 1. The molecule has 7 heteroatoms. The van der Waals surface area contributed by atoms with E-state index in [0.717, 1.165) is 35.1 Å². The molecule has 0 bridgehead atoms. The van der Waals surface area contributed by atoms with Crippen molar-refractivity contribution < 1.29 is 24.2 Å². The van der Waals surface area contributed by atoms with Gasteiger partial charge in [0.1, 0.15) is 18.2 Å². The summed E-state index contributed by atoms with van der Waals surface area (Å²) in [5.41, 5.74) is 3.45. The molecule has 2 atom stereocenters. The number of alkyl carbamates (subject to hydrolysis) is 1. The number of hydrogen-bond acceptors (Lipinski definition) is 4. The van der Waals surface area contributed by atoms with Crippen molar-refractivity contribution in [2.24, 2.45) is 5.92 Å². The van der Waals surface area contributed by atoms with Gasteiger partial charge in [0.25, 0.3) is 0 Å². The number of nitrogens with zero attached hydrogens (tertiary/aromatic N) is 1. The molecule has 7 nitrogen and oxygen atoms in total. The number of ether oxygens (including phenoxy) is 1. The van der Waals surface area contributed by atoms with Crippen molar-refractivity contribution in [3.63, 3.8) is 0 Å². The van der Waals surface area contributed by atoms with Crippen LogP contribution in [0.4, 0.5) is 4.79 Å². The topological polar surface area (TPSA) is 95.9 Å². The Labute approximate surface area is 199 Å². The van der Waals surface area contributed by atoms with E-state index in [1.807, 2.05) is 31.2 Å². The van der Waals surface area contributed by atoms with Crippen molar-refractivity contribution in [3.8, 4) is 11.1 Å². The number of carbonyl (C=O) groups is 3. The van der Waals surface area contributed by atoms with Crippen molar-refractivity contribution in [3.05, 3.63) is 59.7 Å². The number of carbonyl (C=O) groups excluding carboxylic acids is 2. The smallest absolute Gasteiger partial charge is 0.408 e. The lowest BCUT2D eigenvalue weighted by Gasteiger charge is -2.35. The molecule has 178 valence electrons. The van der Waals surface area contributed by atoms with E-state index < -0.39 is 23.6 Å². The molecule has 0 aromatic heterocycles. The molecule has 2 unspecified atom stereocenters. The van der Waals surface area contributed by atoms with Gasteiger partial charge in [0.05, 0.1) is 0 Å². The number of hydrogen-bond donors (Lipinski definition) is 2. The lowest BCUT2D eigenvalue weighted by molar-refractivity contribution is -0.152. The standard InChI is InChI=1S/C27H30N2O5/c1-17-12-15-29(23(17)24(30)31)25(32)27(13-6-7-14-27)28-26(33)34-16-22-20-10-4-2-8-18(20)19-9-3-5-11-21(19)22/h2-5,8-11,17,22-23H,6-7,12-16H2,1H3,(H,28,33)(H,30,31). The van der Waals surface area contributed by atoms with Crippen molar-refractivity contribution in [1.82, 2.24) is 10.2 Å². The molecular weight excluding hydrogens is 432 g/mol. The molecule has 1 saturated heterocycles. The maximum atomic E-state index is 13.5. The maximum Gasteiger partial charge on any atom is 0.408 e. The highest BCUT2D eigenvalue weighted by Crippen LogP contribution is 2.44. The van der Waals surface area contributed by atoms with E-state index in [0.29, 0.717) is 25.8 Å². The summed E-state index contributed by atoms with van der Waals surface area (Å²) < 4.78 is 5.70. The monoisotopic (exact) mass is 462 g/mol.